The standard InChI is InChI=1S/C16H26N4O.2ClH/c1-20(2)15-5-3-14(11-18-15)12-19-16(21)6-4-13-7-9-17-10-8-13;;/h3,5,11,13,17H,4,6-10,12H2,1-2H3,(H,19,21);2*1H. The average Bonchev–Trinajstić information content (AvgIpc) is 2.52. The number of hydrogen-bond acceptors (Lipinski definition) is 4. The molecule has 23 heavy (non-hydrogen) atoms. The summed E-state index contributed by atoms with van der Waals surface area (Å²) in [5.41, 5.74) is 1.04. The lowest BCUT2D eigenvalue weighted by Gasteiger charge is -2.22. The van der Waals surface area contributed by atoms with Gasteiger partial charge in [-0.3, -0.25) is 4.79 Å². The minimum Gasteiger partial charge on any atom is -0.363 e. The van der Waals surface area contributed by atoms with Crippen molar-refractivity contribution in [2.24, 2.45) is 5.92 Å². The quantitative estimate of drug-likeness (QED) is 0.815. The molecule has 1 amide bonds. The number of nitrogens with zero attached hydrogens (tertiary/aromatic N) is 2. The van der Waals surface area contributed by atoms with Crippen LogP contribution in [0.2, 0.25) is 0 Å². The molecule has 0 unspecified atom stereocenters. The maximum absolute atomic E-state index is 11.9. The molecule has 5 nitrogen and oxygen atoms in total. The molecule has 2 N–H and O–H groups in total. The number of carbonyl (C=O) groups is 1. The van der Waals surface area contributed by atoms with Crippen molar-refractivity contribution in [2.75, 3.05) is 32.1 Å². The van der Waals surface area contributed by atoms with Crippen molar-refractivity contribution >= 4 is 36.5 Å². The van der Waals surface area contributed by atoms with Crippen molar-refractivity contribution in [3.8, 4) is 0 Å². The summed E-state index contributed by atoms with van der Waals surface area (Å²) in [5, 5.41) is 6.33. The van der Waals surface area contributed by atoms with Crippen LogP contribution < -0.4 is 15.5 Å². The van der Waals surface area contributed by atoms with Crippen LogP contribution in [0.1, 0.15) is 31.2 Å². The summed E-state index contributed by atoms with van der Waals surface area (Å²) in [6, 6.07) is 3.98. The highest BCUT2D eigenvalue weighted by molar-refractivity contribution is 5.85. The van der Waals surface area contributed by atoms with Gasteiger partial charge in [-0.15, -0.1) is 24.8 Å². The van der Waals surface area contributed by atoms with E-state index >= 15 is 0 Å². The Kier molecular flexibility index (Phi) is 11.0. The van der Waals surface area contributed by atoms with E-state index < -0.39 is 0 Å². The van der Waals surface area contributed by atoms with E-state index in [9.17, 15) is 4.79 Å². The van der Waals surface area contributed by atoms with Gasteiger partial charge in [0.05, 0.1) is 0 Å². The van der Waals surface area contributed by atoms with Crippen LogP contribution in [0.15, 0.2) is 18.3 Å². The second-order valence-electron chi connectivity index (χ2n) is 5.93. The van der Waals surface area contributed by atoms with Crippen LogP contribution >= 0.6 is 24.8 Å². The smallest absolute Gasteiger partial charge is 0.220 e. The molecule has 132 valence electrons. The van der Waals surface area contributed by atoms with E-state index in [-0.39, 0.29) is 30.7 Å². The fraction of sp³-hybridized carbons (Fsp3) is 0.625. The zero-order valence-electron chi connectivity index (χ0n) is 13.9. The van der Waals surface area contributed by atoms with E-state index in [0.29, 0.717) is 18.9 Å². The van der Waals surface area contributed by atoms with Gasteiger partial charge >= 0.3 is 0 Å². The van der Waals surface area contributed by atoms with Crippen LogP contribution in [0, 0.1) is 5.92 Å². The van der Waals surface area contributed by atoms with Gasteiger partial charge in [-0.05, 0) is 49.9 Å². The van der Waals surface area contributed by atoms with Crippen molar-refractivity contribution in [2.45, 2.75) is 32.2 Å². The molecule has 7 heteroatoms. The highest BCUT2D eigenvalue weighted by atomic mass is 35.5. The number of hydrogen-bond donors (Lipinski definition) is 2. The zero-order chi connectivity index (χ0) is 15.1. The van der Waals surface area contributed by atoms with Gasteiger partial charge < -0.3 is 15.5 Å². The molecule has 0 atom stereocenters. The molecule has 0 bridgehead atoms. The predicted molar refractivity (Wildman–Crippen MR) is 99.7 cm³/mol. The number of nitrogens with one attached hydrogen (secondary N) is 2. The van der Waals surface area contributed by atoms with Crippen LogP contribution in [0.5, 0.6) is 0 Å². The largest absolute Gasteiger partial charge is 0.363 e. The van der Waals surface area contributed by atoms with Crippen LogP contribution in [0.4, 0.5) is 5.82 Å². The molecule has 1 aromatic rings. The molecular formula is C16H28Cl2N4O. The number of halogens is 2. The molecule has 2 heterocycles. The van der Waals surface area contributed by atoms with Gasteiger partial charge in [0.15, 0.2) is 0 Å². The van der Waals surface area contributed by atoms with Gasteiger partial charge in [-0.1, -0.05) is 6.07 Å². The lowest BCUT2D eigenvalue weighted by Crippen LogP contribution is -2.29. The first-order valence-electron chi connectivity index (χ1n) is 7.75. The molecule has 1 aromatic heterocycles. The molecule has 1 aliphatic heterocycles. The average molecular weight is 363 g/mol. The number of piperidine rings is 1. The van der Waals surface area contributed by atoms with E-state index in [1.807, 2.05) is 37.3 Å². The van der Waals surface area contributed by atoms with Crippen LogP contribution in [0.25, 0.3) is 0 Å². The van der Waals surface area contributed by atoms with E-state index in [1.165, 1.54) is 12.8 Å². The summed E-state index contributed by atoms with van der Waals surface area (Å²) in [6.07, 6.45) is 5.86. The fourth-order valence-electron chi connectivity index (χ4n) is 2.58. The van der Waals surface area contributed by atoms with E-state index in [1.54, 1.807) is 0 Å². The SMILES string of the molecule is CN(C)c1ccc(CNC(=O)CCC2CCNCC2)cn1.Cl.Cl. The van der Waals surface area contributed by atoms with Crippen molar-refractivity contribution in [3.63, 3.8) is 0 Å². The molecule has 2 rings (SSSR count). The zero-order valence-corrected chi connectivity index (χ0v) is 15.5. The summed E-state index contributed by atoms with van der Waals surface area (Å²) in [5.74, 6) is 1.78. The van der Waals surface area contributed by atoms with Crippen LogP contribution in [0.3, 0.4) is 0 Å². The topological polar surface area (TPSA) is 57.3 Å². The minimum atomic E-state index is 0. The summed E-state index contributed by atoms with van der Waals surface area (Å²) in [4.78, 5) is 18.2. The molecule has 0 aliphatic carbocycles. The second kappa shape index (κ2) is 11.5. The Morgan fingerprint density at radius 3 is 2.57 bits per heavy atom. The van der Waals surface area contributed by atoms with Crippen molar-refractivity contribution in [1.29, 1.82) is 0 Å². The lowest BCUT2D eigenvalue weighted by atomic mass is 9.93. The first kappa shape index (κ1) is 22.0. The Balaban J connectivity index is 0.00000242. The Labute approximate surface area is 151 Å². The monoisotopic (exact) mass is 362 g/mol. The molecule has 0 saturated carbocycles. The third-order valence-corrected chi connectivity index (χ3v) is 4.00. The van der Waals surface area contributed by atoms with Gasteiger partial charge in [-0.25, -0.2) is 4.98 Å². The van der Waals surface area contributed by atoms with E-state index in [2.05, 4.69) is 15.6 Å². The molecule has 1 fully saturated rings. The molecular weight excluding hydrogens is 335 g/mol. The number of rotatable bonds is 6. The fourth-order valence-corrected chi connectivity index (χ4v) is 2.58. The van der Waals surface area contributed by atoms with Gasteiger partial charge in [0.1, 0.15) is 5.82 Å². The van der Waals surface area contributed by atoms with Crippen LogP contribution in [-0.2, 0) is 11.3 Å². The molecule has 1 saturated heterocycles. The van der Waals surface area contributed by atoms with Crippen molar-refractivity contribution < 1.29 is 4.79 Å². The Hall–Kier alpha value is -1.04. The maximum atomic E-state index is 11.9. The lowest BCUT2D eigenvalue weighted by molar-refractivity contribution is -0.121. The molecule has 1 aliphatic rings. The van der Waals surface area contributed by atoms with E-state index in [0.717, 1.165) is 30.9 Å². The minimum absolute atomic E-state index is 0. The van der Waals surface area contributed by atoms with Crippen LogP contribution in [-0.4, -0.2) is 38.1 Å². The Bertz CT molecular complexity index is 448. The molecule has 0 radical (unpaired) electrons. The maximum Gasteiger partial charge on any atom is 0.220 e. The first-order chi connectivity index (χ1) is 10.1. The second-order valence-corrected chi connectivity index (χ2v) is 5.93. The Morgan fingerprint density at radius 2 is 2.00 bits per heavy atom. The number of carbonyl (C=O) groups excluding carboxylic acids is 1. The summed E-state index contributed by atoms with van der Waals surface area (Å²) in [7, 11) is 3.93. The van der Waals surface area contributed by atoms with Crippen molar-refractivity contribution in [1.82, 2.24) is 15.6 Å². The van der Waals surface area contributed by atoms with E-state index in [4.69, 9.17) is 0 Å². The van der Waals surface area contributed by atoms with Gasteiger partial charge in [0.25, 0.3) is 0 Å². The number of pyridine rings is 1. The molecule has 0 spiro atoms. The van der Waals surface area contributed by atoms with Gasteiger partial charge in [0.2, 0.25) is 5.91 Å². The number of anilines is 1. The summed E-state index contributed by atoms with van der Waals surface area (Å²) in [6.45, 7) is 2.75. The third kappa shape index (κ3) is 7.86. The Morgan fingerprint density at radius 1 is 1.30 bits per heavy atom. The highest BCUT2D eigenvalue weighted by Gasteiger charge is 2.14. The molecule has 0 aromatic carbocycles. The van der Waals surface area contributed by atoms with Gasteiger partial charge in [-0.2, -0.15) is 0 Å². The summed E-state index contributed by atoms with van der Waals surface area (Å²) >= 11 is 0. The number of aromatic nitrogens is 1. The number of amides is 1. The first-order valence-corrected chi connectivity index (χ1v) is 7.75. The summed E-state index contributed by atoms with van der Waals surface area (Å²) < 4.78 is 0. The normalized spacial score (nSPS) is 14.3. The highest BCUT2D eigenvalue weighted by Crippen LogP contribution is 2.17. The third-order valence-electron chi connectivity index (χ3n) is 4.00. The predicted octanol–water partition coefficient (Wildman–Crippen LogP) is 2.39. The van der Waals surface area contributed by atoms with Crippen molar-refractivity contribution in [3.05, 3.63) is 23.9 Å². The van der Waals surface area contributed by atoms with Gasteiger partial charge in [0, 0.05) is 33.3 Å².